The van der Waals surface area contributed by atoms with Gasteiger partial charge < -0.3 is 0 Å². The summed E-state index contributed by atoms with van der Waals surface area (Å²) < 4.78 is 0. The number of aryl methyl sites for hydroxylation is 2. The number of hydrogen-bond acceptors (Lipinski definition) is 0. The summed E-state index contributed by atoms with van der Waals surface area (Å²) in [6.07, 6.45) is 14.7. The van der Waals surface area contributed by atoms with Crippen LogP contribution in [-0.2, 0) is 12.8 Å². The summed E-state index contributed by atoms with van der Waals surface area (Å²) in [6.45, 7) is 4.25. The molecule has 1 aliphatic carbocycles. The van der Waals surface area contributed by atoms with Gasteiger partial charge in [-0.05, 0) is 36.8 Å². The Bertz CT molecular complexity index is 323. The van der Waals surface area contributed by atoms with Crippen molar-refractivity contribution in [3.05, 3.63) is 59.7 Å². The first-order chi connectivity index (χ1) is 8.38. The quantitative estimate of drug-likeness (QED) is 0.580. The van der Waals surface area contributed by atoms with Gasteiger partial charge in [-0.1, -0.05) is 68.8 Å². The maximum absolute atomic E-state index is 2.26. The van der Waals surface area contributed by atoms with E-state index in [1.807, 2.05) is 0 Å². The smallest absolute Gasteiger partial charge is 0.0241 e. The van der Waals surface area contributed by atoms with E-state index in [0.717, 1.165) is 12.8 Å². The van der Waals surface area contributed by atoms with Gasteiger partial charge in [-0.25, -0.2) is 0 Å². The molecule has 0 saturated carbocycles. The SMILES string of the molecule is C1=C\CCc2ccccc2CC\C=C/1.CCC. The van der Waals surface area contributed by atoms with Gasteiger partial charge in [0, 0.05) is 0 Å². The fraction of sp³-hybridized carbons (Fsp3) is 0.412. The standard InChI is InChI=1S/C14H16.C3H8/c1-2-4-6-10-14-12-8-7-11-13(14)9-5-3-1;1-3-2/h1-4,7-8,11-12H,5-6,9-10H2;3H2,1-2H3/b3-1-,4-2-;. The minimum Gasteiger partial charge on any atom is -0.0842 e. The van der Waals surface area contributed by atoms with Gasteiger partial charge in [-0.3, -0.25) is 0 Å². The maximum atomic E-state index is 2.26. The van der Waals surface area contributed by atoms with Gasteiger partial charge in [0.1, 0.15) is 0 Å². The summed E-state index contributed by atoms with van der Waals surface area (Å²) in [4.78, 5) is 0. The summed E-state index contributed by atoms with van der Waals surface area (Å²) in [7, 11) is 0. The highest BCUT2D eigenvalue weighted by Gasteiger charge is 2.00. The molecule has 0 nitrogen and oxygen atoms in total. The van der Waals surface area contributed by atoms with Crippen molar-refractivity contribution >= 4 is 0 Å². The highest BCUT2D eigenvalue weighted by molar-refractivity contribution is 5.28. The van der Waals surface area contributed by atoms with Crippen LogP contribution in [0.5, 0.6) is 0 Å². The fourth-order valence-electron chi connectivity index (χ4n) is 1.87. The molecule has 2 rings (SSSR count). The first-order valence-corrected chi connectivity index (χ1v) is 6.77. The van der Waals surface area contributed by atoms with Crippen LogP contribution < -0.4 is 0 Å². The van der Waals surface area contributed by atoms with Crippen molar-refractivity contribution in [2.75, 3.05) is 0 Å². The lowest BCUT2D eigenvalue weighted by atomic mass is 9.98. The van der Waals surface area contributed by atoms with Crippen LogP contribution in [0.4, 0.5) is 0 Å². The van der Waals surface area contributed by atoms with E-state index in [1.54, 1.807) is 0 Å². The molecular formula is C17H24. The van der Waals surface area contributed by atoms with Crippen molar-refractivity contribution in [2.45, 2.75) is 46.0 Å². The van der Waals surface area contributed by atoms with Crippen LogP contribution in [0.3, 0.4) is 0 Å². The minimum atomic E-state index is 1.15. The molecule has 0 radical (unpaired) electrons. The van der Waals surface area contributed by atoms with Crippen LogP contribution in [0.2, 0.25) is 0 Å². The van der Waals surface area contributed by atoms with Crippen molar-refractivity contribution in [1.29, 1.82) is 0 Å². The van der Waals surface area contributed by atoms with Crippen LogP contribution in [0.15, 0.2) is 48.6 Å². The lowest BCUT2D eigenvalue weighted by Gasteiger charge is -2.07. The van der Waals surface area contributed by atoms with Crippen LogP contribution in [0.25, 0.3) is 0 Å². The summed E-state index contributed by atoms with van der Waals surface area (Å²) in [5.41, 5.74) is 3.04. The molecule has 0 bridgehead atoms. The zero-order valence-electron chi connectivity index (χ0n) is 11.2. The van der Waals surface area contributed by atoms with Crippen LogP contribution >= 0.6 is 0 Å². The highest BCUT2D eigenvalue weighted by atomic mass is 14.1. The molecule has 1 aromatic carbocycles. The molecule has 0 fully saturated rings. The Hall–Kier alpha value is -1.30. The molecule has 92 valence electrons. The maximum Gasteiger partial charge on any atom is -0.0241 e. The molecule has 0 aromatic heterocycles. The van der Waals surface area contributed by atoms with Gasteiger partial charge in [-0.15, -0.1) is 0 Å². The Morgan fingerprint density at radius 1 is 0.824 bits per heavy atom. The van der Waals surface area contributed by atoms with Crippen molar-refractivity contribution in [2.24, 2.45) is 0 Å². The average Bonchev–Trinajstić information content (AvgIpc) is 2.36. The van der Waals surface area contributed by atoms with Crippen molar-refractivity contribution < 1.29 is 0 Å². The van der Waals surface area contributed by atoms with E-state index < -0.39 is 0 Å². The third-order valence-electron chi connectivity index (χ3n) is 2.66. The molecule has 0 saturated heterocycles. The Balaban J connectivity index is 0.000000437. The van der Waals surface area contributed by atoms with E-state index in [2.05, 4.69) is 62.4 Å². The summed E-state index contributed by atoms with van der Waals surface area (Å²) in [6, 6.07) is 8.80. The average molecular weight is 228 g/mol. The Labute approximate surface area is 106 Å². The molecule has 0 amide bonds. The van der Waals surface area contributed by atoms with E-state index >= 15 is 0 Å². The third-order valence-corrected chi connectivity index (χ3v) is 2.66. The van der Waals surface area contributed by atoms with Gasteiger partial charge in [0.2, 0.25) is 0 Å². The van der Waals surface area contributed by atoms with Gasteiger partial charge in [0.15, 0.2) is 0 Å². The van der Waals surface area contributed by atoms with E-state index in [0.29, 0.717) is 0 Å². The van der Waals surface area contributed by atoms with Gasteiger partial charge in [0.05, 0.1) is 0 Å². The molecule has 17 heavy (non-hydrogen) atoms. The first-order valence-electron chi connectivity index (χ1n) is 6.77. The van der Waals surface area contributed by atoms with Gasteiger partial charge >= 0.3 is 0 Å². The molecule has 0 aliphatic heterocycles. The summed E-state index contributed by atoms with van der Waals surface area (Å²) >= 11 is 0. The van der Waals surface area contributed by atoms with E-state index in [9.17, 15) is 0 Å². The van der Waals surface area contributed by atoms with E-state index in [-0.39, 0.29) is 0 Å². The predicted octanol–water partition coefficient (Wildman–Crippen LogP) is 5.09. The summed E-state index contributed by atoms with van der Waals surface area (Å²) in [5, 5.41) is 0. The molecule has 0 unspecified atom stereocenters. The monoisotopic (exact) mass is 228 g/mol. The molecular weight excluding hydrogens is 204 g/mol. The first kappa shape index (κ1) is 13.8. The Morgan fingerprint density at radius 3 is 1.65 bits per heavy atom. The van der Waals surface area contributed by atoms with Crippen molar-refractivity contribution in [3.63, 3.8) is 0 Å². The number of fused-ring (bicyclic) bond motifs is 1. The van der Waals surface area contributed by atoms with Crippen LogP contribution in [0, 0.1) is 0 Å². The van der Waals surface area contributed by atoms with E-state index in [4.69, 9.17) is 0 Å². The normalized spacial score (nSPS) is 18.2. The Kier molecular flexibility index (Phi) is 7.13. The predicted molar refractivity (Wildman–Crippen MR) is 77.3 cm³/mol. The zero-order chi connectivity index (χ0) is 12.3. The number of allylic oxidation sites excluding steroid dienone is 4. The molecule has 0 spiro atoms. The zero-order valence-corrected chi connectivity index (χ0v) is 11.2. The van der Waals surface area contributed by atoms with Crippen LogP contribution in [-0.4, -0.2) is 0 Å². The second kappa shape index (κ2) is 8.81. The van der Waals surface area contributed by atoms with Crippen molar-refractivity contribution in [1.82, 2.24) is 0 Å². The lowest BCUT2D eigenvalue weighted by Crippen LogP contribution is -1.93. The molecule has 0 heteroatoms. The molecule has 0 heterocycles. The summed E-state index contributed by atoms with van der Waals surface area (Å²) in [5.74, 6) is 0. The number of rotatable bonds is 0. The topological polar surface area (TPSA) is 0 Å². The largest absolute Gasteiger partial charge is 0.0842 e. The van der Waals surface area contributed by atoms with Gasteiger partial charge in [0.25, 0.3) is 0 Å². The number of hydrogen-bond donors (Lipinski definition) is 0. The van der Waals surface area contributed by atoms with Crippen molar-refractivity contribution in [3.8, 4) is 0 Å². The minimum absolute atomic E-state index is 1.15. The molecule has 1 aliphatic rings. The molecule has 1 aromatic rings. The fourth-order valence-corrected chi connectivity index (χ4v) is 1.87. The highest BCUT2D eigenvalue weighted by Crippen LogP contribution is 2.14. The second-order valence-electron chi connectivity index (χ2n) is 4.41. The van der Waals surface area contributed by atoms with Crippen LogP contribution in [0.1, 0.15) is 44.2 Å². The third kappa shape index (κ3) is 5.53. The van der Waals surface area contributed by atoms with Gasteiger partial charge in [-0.2, -0.15) is 0 Å². The lowest BCUT2D eigenvalue weighted by molar-refractivity contribution is 0.921. The Morgan fingerprint density at radius 2 is 1.24 bits per heavy atom. The number of benzene rings is 1. The molecule has 0 N–H and O–H groups in total. The molecule has 0 atom stereocenters. The second-order valence-corrected chi connectivity index (χ2v) is 4.41. The van der Waals surface area contributed by atoms with E-state index in [1.165, 1.54) is 30.4 Å².